The second kappa shape index (κ2) is 8.46. The quantitative estimate of drug-likeness (QED) is 0.764. The van der Waals surface area contributed by atoms with Crippen molar-refractivity contribution in [1.82, 2.24) is 9.21 Å². The first-order valence-electron chi connectivity index (χ1n) is 10.5. The van der Waals surface area contributed by atoms with E-state index in [1.807, 2.05) is 12.1 Å². The molecule has 0 spiro atoms. The predicted molar refractivity (Wildman–Crippen MR) is 114 cm³/mol. The lowest BCUT2D eigenvalue weighted by Crippen LogP contribution is -2.48. The number of benzene rings is 2. The summed E-state index contributed by atoms with van der Waals surface area (Å²) in [7, 11) is -3.59. The highest BCUT2D eigenvalue weighted by Gasteiger charge is 2.43. The maximum atomic E-state index is 13.5. The summed E-state index contributed by atoms with van der Waals surface area (Å²) >= 11 is 0. The molecule has 0 N–H and O–H groups in total. The molecule has 1 saturated heterocycles. The van der Waals surface area contributed by atoms with Gasteiger partial charge in [0, 0.05) is 26.2 Å². The maximum absolute atomic E-state index is 13.5. The van der Waals surface area contributed by atoms with Crippen LogP contribution >= 0.6 is 0 Å². The minimum Gasteiger partial charge on any atom is -0.487 e. The van der Waals surface area contributed by atoms with Crippen molar-refractivity contribution in [3.05, 3.63) is 60.2 Å². The largest absolute Gasteiger partial charge is 0.487 e. The van der Waals surface area contributed by atoms with Crippen molar-refractivity contribution in [1.29, 1.82) is 0 Å². The van der Waals surface area contributed by atoms with E-state index in [0.717, 1.165) is 32.5 Å². The summed E-state index contributed by atoms with van der Waals surface area (Å²) in [5, 5.41) is 0. The van der Waals surface area contributed by atoms with Crippen molar-refractivity contribution in [2.24, 2.45) is 5.92 Å². The summed E-state index contributed by atoms with van der Waals surface area (Å²) in [6.07, 6.45) is 1.46. The third-order valence-electron chi connectivity index (χ3n) is 5.78. The highest BCUT2D eigenvalue weighted by Crippen LogP contribution is 2.36. The van der Waals surface area contributed by atoms with Crippen LogP contribution in [-0.2, 0) is 16.6 Å². The molecule has 2 heterocycles. The van der Waals surface area contributed by atoms with Crippen LogP contribution in [-0.4, -0.2) is 49.4 Å². The van der Waals surface area contributed by atoms with Crippen molar-refractivity contribution >= 4 is 10.0 Å². The fourth-order valence-electron chi connectivity index (χ4n) is 4.40. The Labute approximate surface area is 174 Å². The minimum atomic E-state index is -3.59. The molecule has 0 radical (unpaired) electrons. The van der Waals surface area contributed by atoms with E-state index in [-0.39, 0.29) is 18.1 Å². The van der Waals surface area contributed by atoms with E-state index in [2.05, 4.69) is 43.0 Å². The van der Waals surface area contributed by atoms with E-state index in [0.29, 0.717) is 17.2 Å². The fraction of sp³-hybridized carbons (Fsp3) is 0.478. The first-order valence-corrected chi connectivity index (χ1v) is 11.9. The van der Waals surface area contributed by atoms with E-state index in [1.54, 1.807) is 22.5 Å². The summed E-state index contributed by atoms with van der Waals surface area (Å²) in [4.78, 5) is 2.72. The monoisotopic (exact) mass is 414 g/mol. The van der Waals surface area contributed by atoms with Crippen LogP contribution < -0.4 is 4.74 Å². The molecule has 0 aromatic heterocycles. The van der Waals surface area contributed by atoms with E-state index in [1.165, 1.54) is 5.56 Å². The zero-order chi connectivity index (χ0) is 20.4. The molecule has 1 fully saturated rings. The molecule has 0 amide bonds. The number of rotatable bonds is 4. The van der Waals surface area contributed by atoms with Gasteiger partial charge in [-0.25, -0.2) is 8.42 Å². The highest BCUT2D eigenvalue weighted by atomic mass is 32.2. The third-order valence-corrected chi connectivity index (χ3v) is 7.71. The van der Waals surface area contributed by atoms with Gasteiger partial charge in [-0.15, -0.1) is 0 Å². The predicted octanol–water partition coefficient (Wildman–Crippen LogP) is 3.76. The Morgan fingerprint density at radius 2 is 1.69 bits per heavy atom. The van der Waals surface area contributed by atoms with Crippen LogP contribution in [0.3, 0.4) is 0 Å². The van der Waals surface area contributed by atoms with Gasteiger partial charge in [0.15, 0.2) is 0 Å². The SMILES string of the molecule is CC(C)CN1[C@@H]2CCN(Cc3ccccc3)CC[C@H]2Oc2ccccc2S1(=O)=O. The summed E-state index contributed by atoms with van der Waals surface area (Å²) in [5.74, 6) is 0.740. The molecule has 0 bridgehead atoms. The number of likely N-dealkylation sites (tertiary alicyclic amines) is 1. The minimum absolute atomic E-state index is 0.132. The van der Waals surface area contributed by atoms with Crippen molar-refractivity contribution in [2.75, 3.05) is 19.6 Å². The molecule has 29 heavy (non-hydrogen) atoms. The number of ether oxygens (including phenoxy) is 1. The second-order valence-electron chi connectivity index (χ2n) is 8.48. The smallest absolute Gasteiger partial charge is 0.247 e. The lowest BCUT2D eigenvalue weighted by Gasteiger charge is -2.32. The molecule has 5 nitrogen and oxygen atoms in total. The summed E-state index contributed by atoms with van der Waals surface area (Å²) in [6, 6.07) is 17.4. The van der Waals surface area contributed by atoms with Crippen molar-refractivity contribution < 1.29 is 13.2 Å². The molecule has 2 aromatic rings. The zero-order valence-corrected chi connectivity index (χ0v) is 18.0. The average molecular weight is 415 g/mol. The second-order valence-corrected chi connectivity index (χ2v) is 10.3. The molecule has 2 aliphatic heterocycles. The number of sulfonamides is 1. The van der Waals surface area contributed by atoms with Gasteiger partial charge in [-0.3, -0.25) is 4.90 Å². The van der Waals surface area contributed by atoms with Crippen LogP contribution in [0.15, 0.2) is 59.5 Å². The average Bonchev–Trinajstić information content (AvgIpc) is 2.93. The van der Waals surface area contributed by atoms with Gasteiger partial charge in [0.1, 0.15) is 16.7 Å². The standard InChI is InChI=1S/C23H30N2O3S/c1-18(2)16-25-20-12-14-24(17-19-8-4-3-5-9-19)15-13-21(20)28-22-10-6-7-11-23(22)29(25,26)27/h3-11,18,20-21H,12-17H2,1-2H3/t20-,21-/m1/s1. The zero-order valence-electron chi connectivity index (χ0n) is 17.2. The van der Waals surface area contributed by atoms with E-state index in [9.17, 15) is 8.42 Å². The number of hydrogen-bond acceptors (Lipinski definition) is 4. The molecule has 2 aromatic carbocycles. The normalized spacial score (nSPS) is 24.8. The lowest BCUT2D eigenvalue weighted by molar-refractivity contribution is 0.108. The molecule has 0 aliphatic carbocycles. The van der Waals surface area contributed by atoms with Crippen LogP contribution in [0.5, 0.6) is 5.75 Å². The van der Waals surface area contributed by atoms with Crippen molar-refractivity contribution in [3.63, 3.8) is 0 Å². The number of hydrogen-bond donors (Lipinski definition) is 0. The van der Waals surface area contributed by atoms with Gasteiger partial charge in [0.2, 0.25) is 10.0 Å². The molecule has 0 saturated carbocycles. The number of nitrogens with zero attached hydrogens (tertiary/aromatic N) is 2. The Hall–Kier alpha value is -1.89. The van der Waals surface area contributed by atoms with Gasteiger partial charge in [0.25, 0.3) is 0 Å². The third kappa shape index (κ3) is 4.34. The van der Waals surface area contributed by atoms with E-state index >= 15 is 0 Å². The van der Waals surface area contributed by atoms with Crippen molar-refractivity contribution in [3.8, 4) is 5.75 Å². The molecule has 156 valence electrons. The van der Waals surface area contributed by atoms with Gasteiger partial charge < -0.3 is 4.74 Å². The van der Waals surface area contributed by atoms with Crippen LogP contribution in [0.2, 0.25) is 0 Å². The fourth-order valence-corrected chi connectivity index (χ4v) is 6.37. The Morgan fingerprint density at radius 3 is 2.45 bits per heavy atom. The van der Waals surface area contributed by atoms with E-state index in [4.69, 9.17) is 4.74 Å². The Kier molecular flexibility index (Phi) is 5.95. The first kappa shape index (κ1) is 20.4. The Morgan fingerprint density at radius 1 is 1.00 bits per heavy atom. The molecule has 6 heteroatoms. The number of para-hydroxylation sites is 1. The van der Waals surface area contributed by atoms with E-state index < -0.39 is 10.0 Å². The molecule has 2 aliphatic rings. The van der Waals surface area contributed by atoms with Crippen LogP contribution in [0, 0.1) is 5.92 Å². The van der Waals surface area contributed by atoms with Crippen LogP contribution in [0.25, 0.3) is 0 Å². The first-order chi connectivity index (χ1) is 13.9. The van der Waals surface area contributed by atoms with Gasteiger partial charge in [0.05, 0.1) is 6.04 Å². The number of fused-ring (bicyclic) bond motifs is 2. The summed E-state index contributed by atoms with van der Waals surface area (Å²) in [5.41, 5.74) is 1.28. The van der Waals surface area contributed by atoms with Gasteiger partial charge >= 0.3 is 0 Å². The van der Waals surface area contributed by atoms with Crippen molar-refractivity contribution in [2.45, 2.75) is 50.3 Å². The highest BCUT2D eigenvalue weighted by molar-refractivity contribution is 7.89. The van der Waals surface area contributed by atoms with Gasteiger partial charge in [-0.1, -0.05) is 56.3 Å². The lowest BCUT2D eigenvalue weighted by atomic mass is 10.0. The summed E-state index contributed by atoms with van der Waals surface area (Å²) in [6.45, 7) is 7.29. The Bertz CT molecular complexity index is 930. The van der Waals surface area contributed by atoms with Gasteiger partial charge in [-0.05, 0) is 36.5 Å². The maximum Gasteiger partial charge on any atom is 0.247 e. The Balaban J connectivity index is 1.63. The molecule has 0 unspecified atom stereocenters. The summed E-state index contributed by atoms with van der Waals surface area (Å²) < 4.78 is 35.1. The van der Waals surface area contributed by atoms with Crippen LogP contribution in [0.1, 0.15) is 32.3 Å². The van der Waals surface area contributed by atoms with Gasteiger partial charge in [-0.2, -0.15) is 4.31 Å². The molecular weight excluding hydrogens is 384 g/mol. The van der Waals surface area contributed by atoms with Crippen LogP contribution in [0.4, 0.5) is 0 Å². The molecular formula is C23H30N2O3S. The topological polar surface area (TPSA) is 49.9 Å². The molecule has 4 rings (SSSR count). The molecule has 2 atom stereocenters.